The summed E-state index contributed by atoms with van der Waals surface area (Å²) in [6.07, 6.45) is 0. The van der Waals surface area contributed by atoms with Gasteiger partial charge in [0.15, 0.2) is 0 Å². The van der Waals surface area contributed by atoms with Crippen LogP contribution in [-0.2, 0) is 0 Å². The molecule has 0 aliphatic carbocycles. The fourth-order valence-corrected chi connectivity index (χ4v) is 0.860. The molecular weight excluding hydrogens is 130 g/mol. The molecule has 1 nitrogen and oxygen atoms in total. The van der Waals surface area contributed by atoms with Gasteiger partial charge in [0.05, 0.1) is 5.49 Å². The lowest BCUT2D eigenvalue weighted by Crippen LogP contribution is -2.27. The van der Waals surface area contributed by atoms with E-state index < -0.39 is 0 Å². The Kier molecular flexibility index (Phi) is 3.12. The van der Waals surface area contributed by atoms with Crippen LogP contribution in [0.25, 0.3) is 0 Å². The minimum absolute atomic E-state index is 0.351. The maximum Gasteiger partial charge on any atom is 0.0638 e. The predicted molar refractivity (Wildman–Crippen MR) is 45.7 cm³/mol. The number of thiocarbonyl (C=S) groups is 1. The lowest BCUT2D eigenvalue weighted by atomic mass is 9.97. The van der Waals surface area contributed by atoms with Crippen molar-refractivity contribution in [3.63, 3.8) is 0 Å². The van der Waals surface area contributed by atoms with E-state index in [1.54, 1.807) is 5.49 Å². The van der Waals surface area contributed by atoms with Gasteiger partial charge in [0.2, 0.25) is 0 Å². The van der Waals surface area contributed by atoms with E-state index in [0.717, 1.165) is 6.54 Å². The van der Waals surface area contributed by atoms with E-state index >= 15 is 0 Å². The Hall–Kier alpha value is -0.110. The zero-order chi connectivity index (χ0) is 7.49. The summed E-state index contributed by atoms with van der Waals surface area (Å²) in [7, 11) is 2.00. The van der Waals surface area contributed by atoms with Crippen LogP contribution in [0.5, 0.6) is 0 Å². The highest BCUT2D eigenvalue weighted by Gasteiger charge is 2.10. The summed E-state index contributed by atoms with van der Waals surface area (Å²) in [6.45, 7) is 7.61. The highest BCUT2D eigenvalue weighted by Crippen LogP contribution is 2.12. The summed E-state index contributed by atoms with van der Waals surface area (Å²) < 4.78 is 0. The quantitative estimate of drug-likeness (QED) is 0.546. The van der Waals surface area contributed by atoms with Gasteiger partial charge < -0.3 is 4.90 Å². The summed E-state index contributed by atoms with van der Waals surface area (Å²) in [5.74, 6) is 0. The summed E-state index contributed by atoms with van der Waals surface area (Å²) >= 11 is 4.74. The van der Waals surface area contributed by atoms with Crippen LogP contribution in [0.1, 0.15) is 20.8 Å². The number of hydrogen-bond donors (Lipinski definition) is 0. The molecule has 0 amide bonds. The van der Waals surface area contributed by atoms with Crippen LogP contribution < -0.4 is 0 Å². The van der Waals surface area contributed by atoms with Gasteiger partial charge in [-0.25, -0.2) is 0 Å². The summed E-state index contributed by atoms with van der Waals surface area (Å²) in [4.78, 5) is 2.02. The summed E-state index contributed by atoms with van der Waals surface area (Å²) in [5, 5.41) is 0. The van der Waals surface area contributed by atoms with E-state index in [-0.39, 0.29) is 0 Å². The Morgan fingerprint density at radius 1 is 1.44 bits per heavy atom. The smallest absolute Gasteiger partial charge is 0.0638 e. The van der Waals surface area contributed by atoms with Crippen LogP contribution in [-0.4, -0.2) is 24.0 Å². The van der Waals surface area contributed by atoms with Crippen LogP contribution in [0.3, 0.4) is 0 Å². The van der Waals surface area contributed by atoms with Crippen LogP contribution in [0.4, 0.5) is 0 Å². The predicted octanol–water partition coefficient (Wildman–Crippen LogP) is 1.92. The molecule has 2 heteroatoms. The van der Waals surface area contributed by atoms with Gasteiger partial charge in [0.25, 0.3) is 0 Å². The van der Waals surface area contributed by atoms with Gasteiger partial charge >= 0.3 is 0 Å². The van der Waals surface area contributed by atoms with Crippen molar-refractivity contribution in [2.75, 3.05) is 13.6 Å². The van der Waals surface area contributed by atoms with Gasteiger partial charge in [-0.1, -0.05) is 33.0 Å². The highest BCUT2D eigenvalue weighted by molar-refractivity contribution is 7.78. The molecule has 0 aromatic heterocycles. The first-order chi connectivity index (χ1) is 3.95. The third-order valence-corrected chi connectivity index (χ3v) is 1.26. The van der Waals surface area contributed by atoms with Crippen molar-refractivity contribution in [3.8, 4) is 0 Å². The Balaban J connectivity index is 3.59. The second-order valence-electron chi connectivity index (χ2n) is 3.58. The molecule has 0 saturated heterocycles. The lowest BCUT2D eigenvalue weighted by molar-refractivity contribution is 0.314. The monoisotopic (exact) mass is 145 g/mol. The Morgan fingerprint density at radius 3 is 2.00 bits per heavy atom. The molecule has 0 bridgehead atoms. The molecule has 0 aromatic carbocycles. The van der Waals surface area contributed by atoms with Crippen molar-refractivity contribution in [2.24, 2.45) is 5.41 Å². The Bertz CT molecular complexity index is 93.6. The molecule has 0 spiro atoms. The maximum atomic E-state index is 4.74. The standard InChI is InChI=1S/C7H15NS/c1-7(2,3)5-8(4)6-9/h6H,5H2,1-4H3. The average molecular weight is 145 g/mol. The summed E-state index contributed by atoms with van der Waals surface area (Å²) in [6, 6.07) is 0. The third-order valence-electron chi connectivity index (χ3n) is 0.904. The van der Waals surface area contributed by atoms with Gasteiger partial charge in [-0.15, -0.1) is 0 Å². The molecule has 0 rings (SSSR count). The van der Waals surface area contributed by atoms with E-state index in [1.807, 2.05) is 11.9 Å². The molecule has 0 fully saturated rings. The molecule has 0 atom stereocenters. The second kappa shape index (κ2) is 3.16. The van der Waals surface area contributed by atoms with Crippen LogP contribution >= 0.6 is 12.2 Å². The SMILES string of the molecule is CN(C=S)CC(C)(C)C. The first kappa shape index (κ1) is 8.89. The molecule has 54 valence electrons. The average Bonchev–Trinajstić information content (AvgIpc) is 1.62. The van der Waals surface area contributed by atoms with E-state index in [9.17, 15) is 0 Å². The normalized spacial score (nSPS) is 11.1. The molecular formula is C7H15NS. The van der Waals surface area contributed by atoms with Gasteiger partial charge in [-0.2, -0.15) is 0 Å². The Morgan fingerprint density at radius 2 is 1.89 bits per heavy atom. The molecule has 0 saturated carbocycles. The van der Waals surface area contributed by atoms with E-state index in [2.05, 4.69) is 20.8 Å². The molecule has 0 aliphatic rings. The van der Waals surface area contributed by atoms with Crippen molar-refractivity contribution in [1.29, 1.82) is 0 Å². The highest BCUT2D eigenvalue weighted by atomic mass is 32.1. The van der Waals surface area contributed by atoms with Crippen LogP contribution in [0.15, 0.2) is 0 Å². The fourth-order valence-electron chi connectivity index (χ4n) is 0.785. The van der Waals surface area contributed by atoms with Crippen molar-refractivity contribution in [3.05, 3.63) is 0 Å². The topological polar surface area (TPSA) is 3.24 Å². The Labute approximate surface area is 63.0 Å². The van der Waals surface area contributed by atoms with Crippen molar-refractivity contribution < 1.29 is 0 Å². The van der Waals surface area contributed by atoms with E-state index in [4.69, 9.17) is 12.2 Å². The number of nitrogens with zero attached hydrogens (tertiary/aromatic N) is 1. The molecule has 0 N–H and O–H groups in total. The van der Waals surface area contributed by atoms with E-state index in [0.29, 0.717) is 5.41 Å². The lowest BCUT2D eigenvalue weighted by Gasteiger charge is -2.24. The molecule has 0 radical (unpaired) electrons. The first-order valence-corrected chi connectivity index (χ1v) is 3.58. The molecule has 0 aliphatic heterocycles. The van der Waals surface area contributed by atoms with Gasteiger partial charge in [0.1, 0.15) is 0 Å². The molecule has 9 heavy (non-hydrogen) atoms. The largest absolute Gasteiger partial charge is 0.371 e. The zero-order valence-electron chi connectivity index (χ0n) is 6.64. The van der Waals surface area contributed by atoms with Gasteiger partial charge in [0, 0.05) is 13.6 Å². The maximum absolute atomic E-state index is 4.74. The summed E-state index contributed by atoms with van der Waals surface area (Å²) in [5.41, 5.74) is 2.04. The third kappa shape index (κ3) is 5.77. The molecule has 0 aromatic rings. The first-order valence-electron chi connectivity index (χ1n) is 3.11. The van der Waals surface area contributed by atoms with Gasteiger partial charge in [-0.3, -0.25) is 0 Å². The minimum atomic E-state index is 0.351. The van der Waals surface area contributed by atoms with Gasteiger partial charge in [-0.05, 0) is 5.41 Å². The zero-order valence-corrected chi connectivity index (χ0v) is 7.46. The number of hydrogen-bond acceptors (Lipinski definition) is 1. The second-order valence-corrected chi connectivity index (χ2v) is 3.79. The van der Waals surface area contributed by atoms with Crippen molar-refractivity contribution in [2.45, 2.75) is 20.8 Å². The van der Waals surface area contributed by atoms with Crippen molar-refractivity contribution in [1.82, 2.24) is 4.90 Å². The molecule has 0 heterocycles. The molecule has 0 unspecified atom stereocenters. The van der Waals surface area contributed by atoms with Crippen LogP contribution in [0, 0.1) is 5.41 Å². The van der Waals surface area contributed by atoms with Crippen LogP contribution in [0.2, 0.25) is 0 Å². The minimum Gasteiger partial charge on any atom is -0.371 e. The fraction of sp³-hybridized carbons (Fsp3) is 0.857. The van der Waals surface area contributed by atoms with E-state index in [1.165, 1.54) is 0 Å². The number of rotatable bonds is 2. The van der Waals surface area contributed by atoms with Crippen molar-refractivity contribution >= 4 is 17.7 Å².